The maximum absolute atomic E-state index is 13.4. The van der Waals surface area contributed by atoms with Gasteiger partial charge >= 0.3 is 12.2 Å². The summed E-state index contributed by atoms with van der Waals surface area (Å²) in [4.78, 5) is 8.85. The minimum absolute atomic E-state index is 0.120. The van der Waals surface area contributed by atoms with E-state index in [2.05, 4.69) is 9.97 Å². The molecule has 1 aromatic carbocycles. The van der Waals surface area contributed by atoms with Crippen LogP contribution in [0.2, 0.25) is 0 Å². The highest BCUT2D eigenvalue weighted by Gasteiger charge is 2.37. The van der Waals surface area contributed by atoms with Gasteiger partial charge in [-0.25, -0.2) is 4.98 Å². The van der Waals surface area contributed by atoms with Gasteiger partial charge in [0.1, 0.15) is 11.6 Å². The van der Waals surface area contributed by atoms with Gasteiger partial charge in [0, 0.05) is 13.2 Å². The summed E-state index contributed by atoms with van der Waals surface area (Å²) in [6.07, 6.45) is -1.21. The Morgan fingerprint density at radius 1 is 1.23 bits per heavy atom. The molecule has 0 aliphatic heterocycles. The van der Waals surface area contributed by atoms with Crippen molar-refractivity contribution in [3.05, 3.63) is 41.6 Å². The third-order valence-corrected chi connectivity index (χ3v) is 3.73. The van der Waals surface area contributed by atoms with Crippen LogP contribution in [0.25, 0.3) is 0 Å². The second-order valence-corrected chi connectivity index (χ2v) is 5.63. The monoisotopic (exact) mass is 364 g/mol. The second kappa shape index (κ2) is 8.52. The molecule has 138 valence electrons. The first-order valence-corrected chi connectivity index (χ1v) is 8.18. The highest BCUT2D eigenvalue weighted by molar-refractivity contribution is 5.68. The van der Waals surface area contributed by atoms with Crippen LogP contribution in [0, 0.1) is 11.3 Å². The van der Waals surface area contributed by atoms with Crippen molar-refractivity contribution in [3.8, 4) is 12.1 Å². The number of halogens is 3. The van der Waals surface area contributed by atoms with Gasteiger partial charge in [-0.1, -0.05) is 31.9 Å². The molecule has 26 heavy (non-hydrogen) atoms. The molecule has 0 saturated carbocycles. The normalized spacial score (nSPS) is 11.1. The molecule has 0 aliphatic carbocycles. The molecule has 2 rings (SSSR count). The SMILES string of the molecule is CCCCCOc1ncc(C(F)(F)F)c(N(C)c2ccccc2C#N)n1. The quantitative estimate of drug-likeness (QED) is 0.666. The van der Waals surface area contributed by atoms with Crippen molar-refractivity contribution < 1.29 is 17.9 Å². The van der Waals surface area contributed by atoms with Gasteiger partial charge in [-0.15, -0.1) is 0 Å². The number of hydrogen-bond donors (Lipinski definition) is 0. The fraction of sp³-hybridized carbons (Fsp3) is 0.389. The molecular formula is C18H19F3N4O. The molecular weight excluding hydrogens is 345 g/mol. The van der Waals surface area contributed by atoms with E-state index >= 15 is 0 Å². The van der Waals surface area contributed by atoms with E-state index in [1.54, 1.807) is 18.2 Å². The van der Waals surface area contributed by atoms with Crippen LogP contribution in [-0.4, -0.2) is 23.6 Å². The standard InChI is InChI=1S/C18H19F3N4O/c1-3-4-7-10-26-17-23-12-14(18(19,20)21)16(24-17)25(2)15-9-6-5-8-13(15)11-22/h5-6,8-9,12H,3-4,7,10H2,1-2H3. The highest BCUT2D eigenvalue weighted by atomic mass is 19.4. The smallest absolute Gasteiger partial charge is 0.421 e. The summed E-state index contributed by atoms with van der Waals surface area (Å²) < 4.78 is 45.5. The summed E-state index contributed by atoms with van der Waals surface area (Å²) in [5.74, 6) is -0.360. The first kappa shape index (κ1) is 19.5. The lowest BCUT2D eigenvalue weighted by atomic mass is 10.1. The summed E-state index contributed by atoms with van der Waals surface area (Å²) in [6, 6.07) is 8.22. The van der Waals surface area contributed by atoms with Gasteiger partial charge in [-0.2, -0.15) is 23.4 Å². The Morgan fingerprint density at radius 2 is 1.96 bits per heavy atom. The van der Waals surface area contributed by atoms with E-state index in [1.165, 1.54) is 18.0 Å². The van der Waals surface area contributed by atoms with Crippen LogP contribution in [0.1, 0.15) is 37.3 Å². The third kappa shape index (κ3) is 4.63. The van der Waals surface area contributed by atoms with Crippen molar-refractivity contribution in [2.75, 3.05) is 18.6 Å². The number of ether oxygens (including phenoxy) is 1. The van der Waals surface area contributed by atoms with Crippen LogP contribution < -0.4 is 9.64 Å². The molecule has 0 bridgehead atoms. The van der Waals surface area contributed by atoms with Gasteiger partial charge in [0.2, 0.25) is 0 Å². The van der Waals surface area contributed by atoms with E-state index in [4.69, 9.17) is 4.74 Å². The van der Waals surface area contributed by atoms with Crippen molar-refractivity contribution in [3.63, 3.8) is 0 Å². The Hall–Kier alpha value is -2.82. The van der Waals surface area contributed by atoms with E-state index in [1.807, 2.05) is 13.0 Å². The van der Waals surface area contributed by atoms with Gasteiger partial charge in [-0.3, -0.25) is 0 Å². The first-order valence-electron chi connectivity index (χ1n) is 8.18. The van der Waals surface area contributed by atoms with E-state index in [0.717, 1.165) is 19.3 Å². The molecule has 5 nitrogen and oxygen atoms in total. The lowest BCUT2D eigenvalue weighted by Crippen LogP contribution is -2.20. The summed E-state index contributed by atoms with van der Waals surface area (Å²) in [7, 11) is 1.43. The Labute approximate surface area is 150 Å². The second-order valence-electron chi connectivity index (χ2n) is 5.63. The van der Waals surface area contributed by atoms with E-state index in [0.29, 0.717) is 18.5 Å². The topological polar surface area (TPSA) is 62.0 Å². The molecule has 0 N–H and O–H groups in total. The molecule has 0 radical (unpaired) electrons. The fourth-order valence-electron chi connectivity index (χ4n) is 2.37. The third-order valence-electron chi connectivity index (χ3n) is 3.73. The molecule has 0 saturated heterocycles. The summed E-state index contributed by atoms with van der Waals surface area (Å²) in [5.41, 5.74) is -0.433. The maximum Gasteiger partial charge on any atom is 0.421 e. The van der Waals surface area contributed by atoms with E-state index in [9.17, 15) is 18.4 Å². The zero-order valence-corrected chi connectivity index (χ0v) is 14.5. The van der Waals surface area contributed by atoms with Crippen LogP contribution in [0.15, 0.2) is 30.5 Å². The predicted octanol–water partition coefficient (Wildman–Crippen LogP) is 4.70. The number of rotatable bonds is 7. The number of para-hydroxylation sites is 1. The Balaban J connectivity index is 2.41. The average molecular weight is 364 g/mol. The number of unbranched alkanes of at least 4 members (excludes halogenated alkanes) is 2. The summed E-state index contributed by atoms with van der Waals surface area (Å²) in [5, 5.41) is 9.21. The Kier molecular flexibility index (Phi) is 6.39. The Morgan fingerprint density at radius 3 is 2.62 bits per heavy atom. The maximum atomic E-state index is 13.4. The van der Waals surface area contributed by atoms with Crippen molar-refractivity contribution in [2.45, 2.75) is 32.4 Å². The average Bonchev–Trinajstić information content (AvgIpc) is 2.63. The van der Waals surface area contributed by atoms with Crippen LogP contribution in [0.3, 0.4) is 0 Å². The summed E-state index contributed by atoms with van der Waals surface area (Å²) >= 11 is 0. The number of alkyl halides is 3. The molecule has 0 fully saturated rings. The van der Waals surface area contributed by atoms with Crippen molar-refractivity contribution >= 4 is 11.5 Å². The van der Waals surface area contributed by atoms with Gasteiger partial charge in [0.25, 0.3) is 0 Å². The minimum atomic E-state index is -4.63. The van der Waals surface area contributed by atoms with Gasteiger partial charge < -0.3 is 9.64 Å². The number of nitrogens with zero attached hydrogens (tertiary/aromatic N) is 4. The van der Waals surface area contributed by atoms with Gasteiger partial charge in [0.05, 0.1) is 17.9 Å². The van der Waals surface area contributed by atoms with Crippen LogP contribution >= 0.6 is 0 Å². The number of nitriles is 1. The van der Waals surface area contributed by atoms with Crippen LogP contribution in [0.4, 0.5) is 24.7 Å². The lowest BCUT2D eigenvalue weighted by molar-refractivity contribution is -0.137. The van der Waals surface area contributed by atoms with Crippen molar-refractivity contribution in [1.82, 2.24) is 9.97 Å². The largest absolute Gasteiger partial charge is 0.463 e. The molecule has 0 amide bonds. The van der Waals surface area contributed by atoms with Crippen LogP contribution in [-0.2, 0) is 6.18 Å². The molecule has 0 unspecified atom stereocenters. The van der Waals surface area contributed by atoms with E-state index < -0.39 is 11.7 Å². The number of benzene rings is 1. The predicted molar refractivity (Wildman–Crippen MR) is 91.3 cm³/mol. The fourth-order valence-corrected chi connectivity index (χ4v) is 2.37. The number of hydrogen-bond acceptors (Lipinski definition) is 5. The molecule has 0 aliphatic rings. The number of anilines is 2. The zero-order valence-electron chi connectivity index (χ0n) is 14.5. The molecule has 1 heterocycles. The molecule has 0 spiro atoms. The Bertz CT molecular complexity index is 787. The highest BCUT2D eigenvalue weighted by Crippen LogP contribution is 2.38. The zero-order chi connectivity index (χ0) is 19.2. The van der Waals surface area contributed by atoms with Crippen LogP contribution in [0.5, 0.6) is 6.01 Å². The lowest BCUT2D eigenvalue weighted by Gasteiger charge is -2.23. The molecule has 8 heteroatoms. The number of aromatic nitrogens is 2. The molecule has 2 aromatic rings. The summed E-state index contributed by atoms with van der Waals surface area (Å²) in [6.45, 7) is 2.37. The van der Waals surface area contributed by atoms with Gasteiger partial charge in [-0.05, 0) is 18.6 Å². The molecule has 0 atom stereocenters. The first-order chi connectivity index (χ1) is 12.4. The van der Waals surface area contributed by atoms with Gasteiger partial charge in [0.15, 0.2) is 5.82 Å². The van der Waals surface area contributed by atoms with Crippen molar-refractivity contribution in [1.29, 1.82) is 5.26 Å². The van der Waals surface area contributed by atoms with Crippen molar-refractivity contribution in [2.24, 2.45) is 0 Å². The van der Waals surface area contributed by atoms with E-state index in [-0.39, 0.29) is 17.4 Å². The molecule has 1 aromatic heterocycles. The minimum Gasteiger partial charge on any atom is -0.463 e.